The van der Waals surface area contributed by atoms with Gasteiger partial charge >= 0.3 is 5.97 Å². The first-order valence-electron chi connectivity index (χ1n) is 17.9. The summed E-state index contributed by atoms with van der Waals surface area (Å²) in [5.74, 6) is -1.88. The van der Waals surface area contributed by atoms with Gasteiger partial charge in [-0.3, -0.25) is 24.0 Å². The molecular weight excluding hydrogens is 690 g/mol. The average molecular weight is 744 g/mol. The molecule has 0 unspecified atom stereocenters. The molecule has 0 fully saturated rings. The first-order chi connectivity index (χ1) is 25.4. The van der Waals surface area contributed by atoms with Crippen molar-refractivity contribution in [1.82, 2.24) is 21.3 Å². The smallest absolute Gasteiger partial charge is 0.326 e. The predicted octanol–water partition coefficient (Wildman–Crippen LogP) is 4.85. The van der Waals surface area contributed by atoms with Crippen LogP contribution in [-0.4, -0.2) is 66.3 Å². The van der Waals surface area contributed by atoms with Gasteiger partial charge in [-0.2, -0.15) is 0 Å². The van der Waals surface area contributed by atoms with Gasteiger partial charge < -0.3 is 36.4 Å². The molecule has 0 aliphatic heterocycles. The molecule has 0 spiro atoms. The van der Waals surface area contributed by atoms with Crippen molar-refractivity contribution in [2.45, 2.75) is 79.8 Å². The number of carboxylic acid groups (broad SMARTS) is 1. The normalized spacial score (nSPS) is 11.8. The fourth-order valence-corrected chi connectivity index (χ4v) is 5.58. The zero-order valence-corrected chi connectivity index (χ0v) is 32.0. The van der Waals surface area contributed by atoms with E-state index in [1.54, 1.807) is 48.5 Å². The van der Waals surface area contributed by atoms with Crippen LogP contribution in [0.25, 0.3) is 0 Å². The van der Waals surface area contributed by atoms with Crippen LogP contribution in [0.15, 0.2) is 72.8 Å². The van der Waals surface area contributed by atoms with Gasteiger partial charge in [-0.1, -0.05) is 58.9 Å². The number of amides is 5. The molecule has 0 bridgehead atoms. The fourth-order valence-electron chi connectivity index (χ4n) is 5.58. The van der Waals surface area contributed by atoms with E-state index in [-0.39, 0.29) is 68.0 Å². The van der Waals surface area contributed by atoms with Crippen LogP contribution in [0.4, 0.5) is 5.69 Å². The van der Waals surface area contributed by atoms with Crippen LogP contribution in [-0.2, 0) is 32.1 Å². The van der Waals surface area contributed by atoms with Crippen molar-refractivity contribution in [3.8, 4) is 5.75 Å². The van der Waals surface area contributed by atoms with Gasteiger partial charge in [0.2, 0.25) is 17.7 Å². The van der Waals surface area contributed by atoms with Crippen molar-refractivity contribution in [2.24, 2.45) is 10.8 Å². The summed E-state index contributed by atoms with van der Waals surface area (Å²) >= 11 is 0. The number of rotatable bonds is 19. The van der Waals surface area contributed by atoms with Crippen molar-refractivity contribution >= 4 is 41.2 Å². The Morgan fingerprint density at radius 1 is 0.722 bits per heavy atom. The van der Waals surface area contributed by atoms with E-state index in [9.17, 15) is 33.9 Å². The zero-order valence-electron chi connectivity index (χ0n) is 32.0. The lowest BCUT2D eigenvalue weighted by molar-refractivity contribution is -0.140. The van der Waals surface area contributed by atoms with E-state index < -0.39 is 23.3 Å². The molecule has 0 heterocycles. The summed E-state index contributed by atoms with van der Waals surface area (Å²) in [6, 6.07) is 19.6. The number of hydrogen-bond acceptors (Lipinski definition) is 7. The minimum Gasteiger partial charge on any atom is -0.492 e. The molecule has 0 aliphatic rings. The van der Waals surface area contributed by atoms with E-state index in [2.05, 4.69) is 26.6 Å². The van der Waals surface area contributed by atoms with Gasteiger partial charge in [0.15, 0.2) is 0 Å². The Kier molecular flexibility index (Phi) is 15.8. The van der Waals surface area contributed by atoms with Crippen molar-refractivity contribution in [3.63, 3.8) is 0 Å². The molecule has 54 heavy (non-hydrogen) atoms. The van der Waals surface area contributed by atoms with E-state index in [0.29, 0.717) is 41.1 Å². The number of aliphatic carboxylic acids is 1. The molecular formula is C41H53N5O8. The van der Waals surface area contributed by atoms with Crippen molar-refractivity contribution in [3.05, 3.63) is 95.1 Å². The van der Waals surface area contributed by atoms with Crippen LogP contribution in [0.5, 0.6) is 5.75 Å². The van der Waals surface area contributed by atoms with Crippen molar-refractivity contribution < 1.29 is 38.6 Å². The number of benzene rings is 3. The average Bonchev–Trinajstić information content (AvgIpc) is 3.08. The highest BCUT2D eigenvalue weighted by molar-refractivity contribution is 5.97. The summed E-state index contributed by atoms with van der Waals surface area (Å²) in [7, 11) is 0. The Labute approximate surface area is 317 Å². The van der Waals surface area contributed by atoms with E-state index in [1.807, 2.05) is 58.9 Å². The molecule has 290 valence electrons. The number of hydrogen-bond donors (Lipinski definition) is 6. The first kappa shape index (κ1) is 42.7. The largest absolute Gasteiger partial charge is 0.492 e. The third-order valence-corrected chi connectivity index (χ3v) is 8.16. The number of carbonyl (C=O) groups excluding carboxylic acids is 5. The van der Waals surface area contributed by atoms with E-state index in [1.165, 1.54) is 6.92 Å². The minimum absolute atomic E-state index is 0.137. The van der Waals surface area contributed by atoms with Crippen LogP contribution in [0.1, 0.15) is 92.6 Å². The number of nitrogens with one attached hydrogen (secondary N) is 5. The van der Waals surface area contributed by atoms with Crippen molar-refractivity contribution in [1.29, 1.82) is 0 Å². The van der Waals surface area contributed by atoms with Gasteiger partial charge in [-0.05, 0) is 83.3 Å². The summed E-state index contributed by atoms with van der Waals surface area (Å²) in [6.45, 7) is 12.0. The second-order valence-corrected chi connectivity index (χ2v) is 15.2. The summed E-state index contributed by atoms with van der Waals surface area (Å²) in [4.78, 5) is 73.5. The highest BCUT2D eigenvalue weighted by Gasteiger charge is 2.27. The van der Waals surface area contributed by atoms with E-state index >= 15 is 0 Å². The molecule has 0 aliphatic carbocycles. The van der Waals surface area contributed by atoms with Gasteiger partial charge in [0.05, 0.1) is 6.54 Å². The quantitative estimate of drug-likeness (QED) is 0.0939. The molecule has 13 nitrogen and oxygen atoms in total. The molecule has 3 rings (SSSR count). The molecule has 0 saturated heterocycles. The highest BCUT2D eigenvalue weighted by atomic mass is 16.5. The van der Waals surface area contributed by atoms with Crippen LogP contribution in [0.3, 0.4) is 0 Å². The second kappa shape index (κ2) is 19.9. The fraction of sp³-hybridized carbons (Fsp3) is 0.415. The van der Waals surface area contributed by atoms with Crippen LogP contribution in [0.2, 0.25) is 0 Å². The zero-order chi connectivity index (χ0) is 39.9. The molecule has 6 N–H and O–H groups in total. The number of carboxylic acids is 1. The number of anilines is 1. The first-order valence-corrected chi connectivity index (χ1v) is 17.9. The van der Waals surface area contributed by atoms with Crippen LogP contribution >= 0.6 is 0 Å². The monoisotopic (exact) mass is 743 g/mol. The third-order valence-electron chi connectivity index (χ3n) is 8.16. The Bertz CT molecular complexity index is 1770. The maximum absolute atomic E-state index is 12.8. The summed E-state index contributed by atoms with van der Waals surface area (Å²) < 4.78 is 5.72. The van der Waals surface area contributed by atoms with Gasteiger partial charge in [-0.15, -0.1) is 0 Å². The van der Waals surface area contributed by atoms with E-state index in [0.717, 1.165) is 5.56 Å². The Balaban J connectivity index is 1.35. The van der Waals surface area contributed by atoms with Crippen LogP contribution < -0.4 is 31.3 Å². The maximum atomic E-state index is 12.8. The summed E-state index contributed by atoms with van der Waals surface area (Å²) in [5, 5.41) is 23.4. The van der Waals surface area contributed by atoms with Gasteiger partial charge in [0.1, 0.15) is 18.4 Å². The van der Waals surface area contributed by atoms with Crippen molar-refractivity contribution in [2.75, 3.05) is 25.0 Å². The molecule has 0 radical (unpaired) electrons. The third kappa shape index (κ3) is 15.9. The summed E-state index contributed by atoms with van der Waals surface area (Å²) in [5.41, 5.74) is 2.26. The Morgan fingerprint density at radius 3 is 1.94 bits per heavy atom. The minimum atomic E-state index is -1.10. The number of ether oxygens (including phenoxy) is 1. The lowest BCUT2D eigenvalue weighted by Gasteiger charge is -2.24. The lowest BCUT2D eigenvalue weighted by Crippen LogP contribution is -2.43. The van der Waals surface area contributed by atoms with E-state index in [4.69, 9.17) is 4.74 Å². The molecule has 3 aromatic rings. The molecule has 13 heteroatoms. The molecule has 0 aromatic heterocycles. The van der Waals surface area contributed by atoms with Gasteiger partial charge in [-0.25, -0.2) is 4.79 Å². The molecule has 0 saturated carbocycles. The summed E-state index contributed by atoms with van der Waals surface area (Å²) in [6.07, 6.45) is 1.26. The Morgan fingerprint density at radius 2 is 1.35 bits per heavy atom. The highest BCUT2D eigenvalue weighted by Crippen LogP contribution is 2.25. The molecule has 1 atom stereocenters. The van der Waals surface area contributed by atoms with Gasteiger partial charge in [0.25, 0.3) is 11.8 Å². The van der Waals surface area contributed by atoms with Gasteiger partial charge in [0, 0.05) is 49.7 Å². The topological polar surface area (TPSA) is 192 Å². The lowest BCUT2D eigenvalue weighted by atomic mass is 9.85. The Hall–Kier alpha value is -5.72. The SMILES string of the molecule is CC(=O)Nc1ccc(CCNC(=O)CC(C)(C)CC(=O)NCCOc2ccc(C(=O)NCc3cccc(C(=O)N[C@@H](CC(C)(C)C)C(=O)O)c3)cc2)cc1. The molecule has 3 aromatic carbocycles. The standard InChI is InChI=1S/C41H53N5O8/c1-27(47)45-32-14-10-28(11-15-32)18-19-42-35(48)24-41(5,6)25-36(49)43-20-21-54-33-16-12-30(13-17-33)37(50)44-26-29-8-7-9-31(22-29)38(51)46-34(39(52)53)23-40(2,3)4/h7-17,22,34H,18-21,23-26H2,1-6H3,(H,42,48)(H,43,49)(H,44,50)(H,45,47)(H,46,51)(H,52,53)/t34-/m0/s1. The number of carbonyl (C=O) groups is 6. The predicted molar refractivity (Wildman–Crippen MR) is 206 cm³/mol. The second-order valence-electron chi connectivity index (χ2n) is 15.2. The van der Waals surface area contributed by atoms with Crippen LogP contribution in [0, 0.1) is 10.8 Å². The molecule has 5 amide bonds. The maximum Gasteiger partial charge on any atom is 0.326 e.